The summed E-state index contributed by atoms with van der Waals surface area (Å²) in [6, 6.07) is 1.71. The number of benzene rings is 1. The number of nitrogens with zero attached hydrogens (tertiary/aromatic N) is 2. The van der Waals surface area contributed by atoms with Gasteiger partial charge in [0.15, 0.2) is 17.3 Å². The molecule has 2 aromatic rings. The van der Waals surface area contributed by atoms with Crippen LogP contribution in [-0.4, -0.2) is 47.3 Å². The van der Waals surface area contributed by atoms with Crippen molar-refractivity contribution in [1.82, 2.24) is 9.55 Å². The molecule has 1 aliphatic carbocycles. The number of ketones is 1. The van der Waals surface area contributed by atoms with Gasteiger partial charge in [-0.2, -0.15) is 0 Å². The fraction of sp³-hybridized carbons (Fsp3) is 0.542. The highest BCUT2D eigenvalue weighted by atomic mass is 35.5. The molecule has 0 bridgehead atoms. The maximum atomic E-state index is 13.9. The zero-order chi connectivity index (χ0) is 24.7. The molecule has 1 aromatic carbocycles. The molecule has 4 rings (SSSR count). The second kappa shape index (κ2) is 9.99. The number of rotatable bonds is 7. The maximum Gasteiger partial charge on any atom is 0.258 e. The molecule has 1 aromatic heterocycles. The van der Waals surface area contributed by atoms with Crippen molar-refractivity contribution < 1.29 is 19.0 Å². The molecule has 184 valence electrons. The molecular weight excluding hydrogens is 499 g/mol. The number of aromatic nitrogens is 2. The summed E-state index contributed by atoms with van der Waals surface area (Å²) in [5.74, 6) is 1.50. The summed E-state index contributed by atoms with van der Waals surface area (Å²) in [5.41, 5.74) is 0.977. The topological polar surface area (TPSA) is 79.7 Å². The van der Waals surface area contributed by atoms with Crippen molar-refractivity contribution in [2.45, 2.75) is 61.2 Å². The Labute approximate surface area is 213 Å². The Kier molecular flexibility index (Phi) is 7.41. The van der Waals surface area contributed by atoms with Crippen molar-refractivity contribution in [2.75, 3.05) is 21.3 Å². The summed E-state index contributed by atoms with van der Waals surface area (Å²) in [5, 5.41) is -0.0647. The minimum absolute atomic E-state index is 0.0267. The van der Waals surface area contributed by atoms with Crippen LogP contribution in [0.3, 0.4) is 0 Å². The molecule has 2 aliphatic rings. The van der Waals surface area contributed by atoms with Crippen molar-refractivity contribution in [1.29, 1.82) is 0 Å². The highest BCUT2D eigenvalue weighted by Gasteiger charge is 2.47. The molecule has 0 spiro atoms. The van der Waals surface area contributed by atoms with Crippen molar-refractivity contribution in [3.8, 4) is 28.6 Å². The van der Waals surface area contributed by atoms with Crippen molar-refractivity contribution >= 4 is 40.7 Å². The first kappa shape index (κ1) is 25.2. The first-order valence-corrected chi connectivity index (χ1v) is 12.9. The highest BCUT2D eigenvalue weighted by molar-refractivity contribution is 8.01. The van der Waals surface area contributed by atoms with Gasteiger partial charge in [0, 0.05) is 18.0 Å². The van der Waals surface area contributed by atoms with E-state index in [-0.39, 0.29) is 33.5 Å². The van der Waals surface area contributed by atoms with Crippen LogP contribution in [0.4, 0.5) is 0 Å². The highest BCUT2D eigenvalue weighted by Crippen LogP contribution is 2.51. The summed E-state index contributed by atoms with van der Waals surface area (Å²) in [6.07, 6.45) is 2.14. The average molecular weight is 527 g/mol. The Morgan fingerprint density at radius 3 is 2.50 bits per heavy atom. The van der Waals surface area contributed by atoms with Gasteiger partial charge in [-0.25, -0.2) is 4.98 Å². The number of ether oxygens (including phenoxy) is 3. The zero-order valence-corrected chi connectivity index (χ0v) is 22.1. The van der Waals surface area contributed by atoms with E-state index in [0.29, 0.717) is 58.6 Å². The Bertz CT molecular complexity index is 1190. The smallest absolute Gasteiger partial charge is 0.258 e. The minimum Gasteiger partial charge on any atom is -0.493 e. The predicted octanol–water partition coefficient (Wildman–Crippen LogP) is 5.16. The quantitative estimate of drug-likeness (QED) is 0.363. The molecule has 0 radical (unpaired) electrons. The van der Waals surface area contributed by atoms with Crippen LogP contribution in [0.2, 0.25) is 5.02 Å². The molecule has 1 aliphatic heterocycles. The van der Waals surface area contributed by atoms with Gasteiger partial charge in [0.05, 0.1) is 42.5 Å². The number of carbonyl (C=O) groups is 1. The lowest BCUT2D eigenvalue weighted by molar-refractivity contribution is -0.119. The number of hydrogen-bond acceptors (Lipinski definition) is 7. The van der Waals surface area contributed by atoms with Gasteiger partial charge in [0.25, 0.3) is 5.56 Å². The second-order valence-corrected chi connectivity index (χ2v) is 10.7. The molecule has 0 saturated heterocycles. The zero-order valence-electron chi connectivity index (χ0n) is 19.8. The number of halogens is 2. The summed E-state index contributed by atoms with van der Waals surface area (Å²) in [4.78, 5) is 31.6. The molecule has 0 amide bonds. The molecule has 10 heteroatoms. The van der Waals surface area contributed by atoms with Gasteiger partial charge in [-0.1, -0.05) is 43.6 Å². The van der Waals surface area contributed by atoms with E-state index < -0.39 is 5.38 Å². The summed E-state index contributed by atoms with van der Waals surface area (Å²) in [7, 11) is 4.51. The van der Waals surface area contributed by atoms with Gasteiger partial charge in [-0.05, 0) is 24.8 Å². The third-order valence-corrected chi connectivity index (χ3v) is 8.82. The van der Waals surface area contributed by atoms with Crippen LogP contribution in [0, 0.1) is 5.92 Å². The predicted molar refractivity (Wildman–Crippen MR) is 134 cm³/mol. The van der Waals surface area contributed by atoms with E-state index in [4.69, 9.17) is 42.4 Å². The average Bonchev–Trinajstić information content (AvgIpc) is 3.22. The van der Waals surface area contributed by atoms with Gasteiger partial charge < -0.3 is 14.2 Å². The fourth-order valence-electron chi connectivity index (χ4n) is 4.61. The van der Waals surface area contributed by atoms with E-state index in [1.54, 1.807) is 10.6 Å². The molecule has 2 heterocycles. The van der Waals surface area contributed by atoms with Crippen molar-refractivity contribution in [2.24, 2.45) is 5.92 Å². The Morgan fingerprint density at radius 2 is 1.88 bits per heavy atom. The summed E-state index contributed by atoms with van der Waals surface area (Å²) in [6.45, 7) is 4.63. The molecule has 4 atom stereocenters. The number of alkyl halides is 1. The molecule has 34 heavy (non-hydrogen) atoms. The van der Waals surface area contributed by atoms with Crippen LogP contribution in [-0.2, 0) is 11.3 Å². The van der Waals surface area contributed by atoms with E-state index in [1.807, 2.05) is 0 Å². The molecule has 7 nitrogen and oxygen atoms in total. The minimum atomic E-state index is -0.519. The molecule has 4 unspecified atom stereocenters. The number of Topliss-reactive ketones (excluding diaryl/α,β-unsaturated/α-hetero) is 1. The lowest BCUT2D eigenvalue weighted by Gasteiger charge is -2.26. The first-order chi connectivity index (χ1) is 16.3. The lowest BCUT2D eigenvalue weighted by Crippen LogP contribution is -2.37. The Morgan fingerprint density at radius 1 is 1.18 bits per heavy atom. The molecule has 1 fully saturated rings. The van der Waals surface area contributed by atoms with E-state index in [0.717, 1.165) is 6.42 Å². The van der Waals surface area contributed by atoms with Gasteiger partial charge in [-0.15, -0.1) is 11.6 Å². The Balaban J connectivity index is 1.97. The number of methoxy groups -OCH3 is 3. The van der Waals surface area contributed by atoms with Crippen LogP contribution < -0.4 is 19.8 Å². The van der Waals surface area contributed by atoms with Gasteiger partial charge >= 0.3 is 0 Å². The van der Waals surface area contributed by atoms with E-state index in [2.05, 4.69) is 13.8 Å². The summed E-state index contributed by atoms with van der Waals surface area (Å²) >= 11 is 14.4. The van der Waals surface area contributed by atoms with Gasteiger partial charge in [0.1, 0.15) is 10.9 Å². The maximum absolute atomic E-state index is 13.9. The van der Waals surface area contributed by atoms with Crippen molar-refractivity contribution in [3.63, 3.8) is 0 Å². The van der Waals surface area contributed by atoms with Crippen LogP contribution >= 0.6 is 35.0 Å². The SMILES string of the molecule is CCC(C)Cn1c(-c2cc(OC)c(OC)c(OC)c2Cl)nc2c(c1=O)C1CCC(Cl)C(=O)C1S2. The first-order valence-electron chi connectivity index (χ1n) is 11.2. The Hall–Kier alpha value is -1.90. The fourth-order valence-corrected chi connectivity index (χ4v) is 6.71. The van der Waals surface area contributed by atoms with Crippen LogP contribution in [0.15, 0.2) is 15.9 Å². The van der Waals surface area contributed by atoms with Gasteiger partial charge in [-0.3, -0.25) is 14.2 Å². The van der Waals surface area contributed by atoms with Crippen LogP contribution in [0.1, 0.15) is 44.6 Å². The number of fused-ring (bicyclic) bond motifs is 3. The van der Waals surface area contributed by atoms with E-state index >= 15 is 0 Å². The second-order valence-electron chi connectivity index (χ2n) is 8.68. The van der Waals surface area contributed by atoms with E-state index in [9.17, 15) is 9.59 Å². The monoisotopic (exact) mass is 526 g/mol. The normalized spacial score (nSPS) is 22.2. The van der Waals surface area contributed by atoms with E-state index in [1.165, 1.54) is 33.1 Å². The lowest BCUT2D eigenvalue weighted by atomic mass is 9.84. The number of thioether (sulfide) groups is 1. The molecule has 0 N–H and O–H groups in total. The summed E-state index contributed by atoms with van der Waals surface area (Å²) < 4.78 is 18.2. The third kappa shape index (κ3) is 4.07. The number of carbonyl (C=O) groups excluding carboxylic acids is 1. The van der Waals surface area contributed by atoms with Crippen LogP contribution in [0.5, 0.6) is 17.2 Å². The van der Waals surface area contributed by atoms with Crippen LogP contribution in [0.25, 0.3) is 11.4 Å². The molecule has 1 saturated carbocycles. The van der Waals surface area contributed by atoms with Gasteiger partial charge in [0.2, 0.25) is 5.75 Å². The third-order valence-electron chi connectivity index (χ3n) is 6.67. The largest absolute Gasteiger partial charge is 0.493 e. The standard InChI is InChI=1S/C24H28Cl2N2O5S/c1-6-11(2)10-28-22(13-9-15(31-3)19(32-4)20(33-5)17(13)26)27-23-16(24(28)30)12-7-8-14(25)18(29)21(12)34-23/h9,11-12,14,21H,6-8,10H2,1-5H3. The number of hydrogen-bond donors (Lipinski definition) is 0. The molecular formula is C24H28Cl2N2O5S. The van der Waals surface area contributed by atoms with Crippen molar-refractivity contribution in [3.05, 3.63) is 27.0 Å².